The summed E-state index contributed by atoms with van der Waals surface area (Å²) in [6, 6.07) is 14.9. The highest BCUT2D eigenvalue weighted by molar-refractivity contribution is 5.94. The summed E-state index contributed by atoms with van der Waals surface area (Å²) < 4.78 is 10.3. The van der Waals surface area contributed by atoms with E-state index in [2.05, 4.69) is 10.2 Å². The molecule has 3 rings (SSSR count). The van der Waals surface area contributed by atoms with E-state index in [1.807, 2.05) is 29.2 Å². The number of amides is 2. The van der Waals surface area contributed by atoms with Gasteiger partial charge in [-0.25, -0.2) is 0 Å². The number of rotatable bonds is 9. The Morgan fingerprint density at radius 3 is 2.03 bits per heavy atom. The number of aryl methyl sites for hydroxylation is 1. The lowest BCUT2D eigenvalue weighted by atomic mass is 10.1. The molecule has 1 N–H and O–H groups in total. The standard InChI is InChI=1S/C24H31N3O4/c1-30-21-8-3-19(4-9-21)5-12-23(28)27-17-15-26(16-18-27)14-13-25-24(29)20-6-10-22(31-2)11-7-20/h3-4,6-11H,5,12-18H2,1-2H3,(H,25,29). The van der Waals surface area contributed by atoms with Gasteiger partial charge in [0.05, 0.1) is 14.2 Å². The van der Waals surface area contributed by atoms with Crippen LogP contribution in [0, 0.1) is 0 Å². The van der Waals surface area contributed by atoms with Gasteiger partial charge in [-0.3, -0.25) is 14.5 Å². The highest BCUT2D eigenvalue weighted by Gasteiger charge is 2.20. The Bertz CT molecular complexity index is 844. The molecule has 0 bridgehead atoms. The number of carbonyl (C=O) groups excluding carboxylic acids is 2. The molecule has 2 amide bonds. The first kappa shape index (κ1) is 22.6. The van der Waals surface area contributed by atoms with Crippen molar-refractivity contribution < 1.29 is 19.1 Å². The molecule has 1 aliphatic rings. The van der Waals surface area contributed by atoms with Crippen molar-refractivity contribution in [3.05, 3.63) is 59.7 Å². The maximum atomic E-state index is 12.5. The van der Waals surface area contributed by atoms with E-state index >= 15 is 0 Å². The molecule has 2 aromatic carbocycles. The summed E-state index contributed by atoms with van der Waals surface area (Å²) in [7, 11) is 3.25. The molecule has 166 valence electrons. The molecule has 1 fully saturated rings. The molecule has 0 aromatic heterocycles. The smallest absolute Gasteiger partial charge is 0.251 e. The van der Waals surface area contributed by atoms with E-state index < -0.39 is 0 Å². The Morgan fingerprint density at radius 1 is 0.871 bits per heavy atom. The third kappa shape index (κ3) is 6.72. The Hall–Kier alpha value is -3.06. The zero-order valence-electron chi connectivity index (χ0n) is 18.3. The number of methoxy groups -OCH3 is 2. The lowest BCUT2D eigenvalue weighted by Crippen LogP contribution is -2.50. The number of piperazine rings is 1. The van der Waals surface area contributed by atoms with Gasteiger partial charge in [0.25, 0.3) is 5.91 Å². The van der Waals surface area contributed by atoms with E-state index in [4.69, 9.17) is 9.47 Å². The van der Waals surface area contributed by atoms with Crippen LogP contribution in [0.4, 0.5) is 0 Å². The molecule has 31 heavy (non-hydrogen) atoms. The van der Waals surface area contributed by atoms with Crippen LogP contribution < -0.4 is 14.8 Å². The van der Waals surface area contributed by atoms with Gasteiger partial charge in [-0.15, -0.1) is 0 Å². The minimum absolute atomic E-state index is 0.0880. The van der Waals surface area contributed by atoms with Crippen molar-refractivity contribution in [3.63, 3.8) is 0 Å². The molecule has 0 radical (unpaired) electrons. The summed E-state index contributed by atoms with van der Waals surface area (Å²) in [4.78, 5) is 29.0. The Labute approximate surface area is 183 Å². The number of nitrogens with zero attached hydrogens (tertiary/aromatic N) is 2. The molecule has 0 aliphatic carbocycles. The van der Waals surface area contributed by atoms with Crippen molar-refractivity contribution in [2.75, 3.05) is 53.5 Å². The average molecular weight is 426 g/mol. The van der Waals surface area contributed by atoms with Crippen LogP contribution in [0.5, 0.6) is 11.5 Å². The van der Waals surface area contributed by atoms with Crippen molar-refractivity contribution in [2.24, 2.45) is 0 Å². The van der Waals surface area contributed by atoms with E-state index in [1.54, 1.807) is 38.5 Å². The van der Waals surface area contributed by atoms with Crippen molar-refractivity contribution >= 4 is 11.8 Å². The average Bonchev–Trinajstić information content (AvgIpc) is 2.83. The molecule has 2 aromatic rings. The first-order valence-corrected chi connectivity index (χ1v) is 10.6. The monoisotopic (exact) mass is 425 g/mol. The van der Waals surface area contributed by atoms with E-state index in [0.717, 1.165) is 56.2 Å². The predicted molar refractivity (Wildman–Crippen MR) is 120 cm³/mol. The van der Waals surface area contributed by atoms with Crippen LogP contribution in [0.15, 0.2) is 48.5 Å². The van der Waals surface area contributed by atoms with Crippen LogP contribution in [-0.4, -0.2) is 75.1 Å². The maximum Gasteiger partial charge on any atom is 0.251 e. The minimum atomic E-state index is -0.0880. The van der Waals surface area contributed by atoms with Crippen LogP contribution in [0.2, 0.25) is 0 Å². The largest absolute Gasteiger partial charge is 0.497 e. The fourth-order valence-electron chi connectivity index (χ4n) is 3.59. The molecule has 1 heterocycles. The molecule has 1 saturated heterocycles. The third-order valence-electron chi connectivity index (χ3n) is 5.58. The van der Waals surface area contributed by atoms with Gasteiger partial charge in [-0.05, 0) is 48.4 Å². The van der Waals surface area contributed by atoms with E-state index in [9.17, 15) is 9.59 Å². The predicted octanol–water partition coefficient (Wildman–Crippen LogP) is 2.21. The summed E-state index contributed by atoms with van der Waals surface area (Å²) in [6.07, 6.45) is 1.25. The number of benzene rings is 2. The summed E-state index contributed by atoms with van der Waals surface area (Å²) in [6.45, 7) is 4.47. The SMILES string of the molecule is COc1ccc(CCC(=O)N2CCN(CCNC(=O)c3ccc(OC)cc3)CC2)cc1. The van der Waals surface area contributed by atoms with Crippen molar-refractivity contribution in [1.29, 1.82) is 0 Å². The van der Waals surface area contributed by atoms with Crippen LogP contribution in [0.25, 0.3) is 0 Å². The molecule has 7 heteroatoms. The van der Waals surface area contributed by atoms with Crippen LogP contribution in [0.3, 0.4) is 0 Å². The zero-order chi connectivity index (χ0) is 22.1. The van der Waals surface area contributed by atoms with Gasteiger partial charge in [-0.1, -0.05) is 12.1 Å². The number of carbonyl (C=O) groups is 2. The van der Waals surface area contributed by atoms with Crippen molar-refractivity contribution in [1.82, 2.24) is 15.1 Å². The van der Waals surface area contributed by atoms with Gasteiger partial charge in [0, 0.05) is 51.3 Å². The van der Waals surface area contributed by atoms with Gasteiger partial charge in [-0.2, -0.15) is 0 Å². The maximum absolute atomic E-state index is 12.5. The Kier molecular flexibility index (Phi) is 8.29. The molecule has 0 spiro atoms. The second-order valence-electron chi connectivity index (χ2n) is 7.55. The molecule has 0 atom stereocenters. The molecule has 0 unspecified atom stereocenters. The van der Waals surface area contributed by atoms with Crippen LogP contribution >= 0.6 is 0 Å². The van der Waals surface area contributed by atoms with E-state index in [1.165, 1.54) is 0 Å². The summed E-state index contributed by atoms with van der Waals surface area (Å²) in [5.74, 6) is 1.66. The second-order valence-corrected chi connectivity index (χ2v) is 7.55. The first-order chi connectivity index (χ1) is 15.1. The quantitative estimate of drug-likeness (QED) is 0.667. The first-order valence-electron chi connectivity index (χ1n) is 10.6. The van der Waals surface area contributed by atoms with Crippen LogP contribution in [-0.2, 0) is 11.2 Å². The van der Waals surface area contributed by atoms with E-state index in [-0.39, 0.29) is 11.8 Å². The number of hydrogen-bond acceptors (Lipinski definition) is 5. The highest BCUT2D eigenvalue weighted by atomic mass is 16.5. The normalized spacial score (nSPS) is 14.2. The number of hydrogen-bond donors (Lipinski definition) is 1. The fourth-order valence-corrected chi connectivity index (χ4v) is 3.59. The fraction of sp³-hybridized carbons (Fsp3) is 0.417. The minimum Gasteiger partial charge on any atom is -0.497 e. The van der Waals surface area contributed by atoms with Gasteiger partial charge in [0.15, 0.2) is 0 Å². The van der Waals surface area contributed by atoms with Gasteiger partial charge >= 0.3 is 0 Å². The van der Waals surface area contributed by atoms with Crippen molar-refractivity contribution in [2.45, 2.75) is 12.8 Å². The number of nitrogens with one attached hydrogen (secondary N) is 1. The number of ether oxygens (including phenoxy) is 2. The summed E-state index contributed by atoms with van der Waals surface area (Å²) >= 11 is 0. The Balaban J connectivity index is 1.33. The lowest BCUT2D eigenvalue weighted by Gasteiger charge is -2.34. The highest BCUT2D eigenvalue weighted by Crippen LogP contribution is 2.14. The summed E-state index contributed by atoms with van der Waals surface area (Å²) in [5.41, 5.74) is 1.76. The lowest BCUT2D eigenvalue weighted by molar-refractivity contribution is -0.132. The molecule has 1 aliphatic heterocycles. The second kappa shape index (κ2) is 11.4. The van der Waals surface area contributed by atoms with Gasteiger partial charge < -0.3 is 19.7 Å². The van der Waals surface area contributed by atoms with Crippen molar-refractivity contribution in [3.8, 4) is 11.5 Å². The zero-order valence-corrected chi connectivity index (χ0v) is 18.3. The molecule has 0 saturated carbocycles. The molecular weight excluding hydrogens is 394 g/mol. The Morgan fingerprint density at radius 2 is 1.45 bits per heavy atom. The van der Waals surface area contributed by atoms with Gasteiger partial charge in [0.2, 0.25) is 5.91 Å². The van der Waals surface area contributed by atoms with E-state index in [0.29, 0.717) is 18.5 Å². The van der Waals surface area contributed by atoms with Gasteiger partial charge in [0.1, 0.15) is 11.5 Å². The molecular formula is C24H31N3O4. The third-order valence-corrected chi connectivity index (χ3v) is 5.58. The summed E-state index contributed by atoms with van der Waals surface area (Å²) in [5, 5.41) is 2.95. The topological polar surface area (TPSA) is 71.1 Å². The van der Waals surface area contributed by atoms with Crippen LogP contribution in [0.1, 0.15) is 22.3 Å². The molecule has 7 nitrogen and oxygen atoms in total.